The van der Waals surface area contributed by atoms with Crippen molar-refractivity contribution in [2.45, 2.75) is 45.9 Å². The molecule has 0 fully saturated rings. The third-order valence-corrected chi connectivity index (χ3v) is 4.77. The van der Waals surface area contributed by atoms with Crippen LogP contribution in [0.1, 0.15) is 33.3 Å². The van der Waals surface area contributed by atoms with Gasteiger partial charge in [0.15, 0.2) is 5.58 Å². The number of benzene rings is 2. The molecule has 178 valence electrons. The van der Waals surface area contributed by atoms with Gasteiger partial charge in [-0.3, -0.25) is 4.68 Å². The number of oxazole rings is 1. The fourth-order valence-electron chi connectivity index (χ4n) is 3.30. The summed E-state index contributed by atoms with van der Waals surface area (Å²) in [5, 5.41) is 17.1. The minimum Gasteiger partial charge on any atom is -0.508 e. The van der Waals surface area contributed by atoms with E-state index in [-0.39, 0.29) is 18.4 Å². The molecule has 4 rings (SSSR count). The van der Waals surface area contributed by atoms with Crippen molar-refractivity contribution >= 4 is 17.2 Å². The van der Waals surface area contributed by atoms with Gasteiger partial charge < -0.3 is 24.3 Å². The van der Waals surface area contributed by atoms with Crippen molar-refractivity contribution < 1.29 is 23.8 Å². The molecule has 0 aliphatic carbocycles. The molecule has 2 aromatic heterocycles. The van der Waals surface area contributed by atoms with E-state index in [0.717, 1.165) is 5.56 Å². The molecule has 0 saturated heterocycles. The van der Waals surface area contributed by atoms with Gasteiger partial charge in [0.05, 0.1) is 12.6 Å². The molecule has 0 spiro atoms. The molecule has 0 saturated carbocycles. The predicted octanol–water partition coefficient (Wildman–Crippen LogP) is 4.74. The van der Waals surface area contributed by atoms with Gasteiger partial charge in [0.2, 0.25) is 11.8 Å². The van der Waals surface area contributed by atoms with Crippen molar-refractivity contribution in [1.29, 1.82) is 0 Å². The number of nitrogens with one attached hydrogen (secondary N) is 1. The number of nitrogens with zero attached hydrogens (tertiary/aromatic N) is 3. The SMILES string of the molecule is C[C@@H](COc1cc(-c2nc3cc(O)ccc3o2)n(Cc2ccccc2)n1)NC(=O)OC(C)(C)C. The monoisotopic (exact) mass is 464 g/mol. The lowest BCUT2D eigenvalue weighted by atomic mass is 10.2. The highest BCUT2D eigenvalue weighted by atomic mass is 16.6. The molecular formula is C25H28N4O5. The summed E-state index contributed by atoms with van der Waals surface area (Å²) in [7, 11) is 0. The van der Waals surface area contributed by atoms with E-state index in [1.54, 1.807) is 28.9 Å². The van der Waals surface area contributed by atoms with Gasteiger partial charge in [-0.1, -0.05) is 30.3 Å². The molecule has 2 heterocycles. The van der Waals surface area contributed by atoms with Crippen molar-refractivity contribution in [3.63, 3.8) is 0 Å². The first kappa shape index (κ1) is 23.2. The molecule has 2 aromatic carbocycles. The Balaban J connectivity index is 1.54. The average Bonchev–Trinajstić information content (AvgIpc) is 3.35. The maximum absolute atomic E-state index is 12.0. The zero-order chi connectivity index (χ0) is 24.3. The summed E-state index contributed by atoms with van der Waals surface area (Å²) >= 11 is 0. The van der Waals surface area contributed by atoms with Crippen molar-refractivity contribution in [2.75, 3.05) is 6.61 Å². The fourth-order valence-corrected chi connectivity index (χ4v) is 3.30. The first-order valence-electron chi connectivity index (χ1n) is 11.0. The minimum atomic E-state index is -0.577. The van der Waals surface area contributed by atoms with Crippen LogP contribution in [0.2, 0.25) is 0 Å². The van der Waals surface area contributed by atoms with E-state index in [4.69, 9.17) is 13.9 Å². The van der Waals surface area contributed by atoms with Gasteiger partial charge in [-0.2, -0.15) is 0 Å². The van der Waals surface area contributed by atoms with E-state index in [1.807, 2.05) is 58.0 Å². The van der Waals surface area contributed by atoms with Crippen LogP contribution in [0.25, 0.3) is 22.7 Å². The van der Waals surface area contributed by atoms with Crippen LogP contribution in [0, 0.1) is 0 Å². The second-order valence-corrected chi connectivity index (χ2v) is 9.04. The lowest BCUT2D eigenvalue weighted by Gasteiger charge is -2.21. The quantitative estimate of drug-likeness (QED) is 0.406. The van der Waals surface area contributed by atoms with Gasteiger partial charge in [0, 0.05) is 12.1 Å². The Morgan fingerprint density at radius 3 is 2.68 bits per heavy atom. The van der Waals surface area contributed by atoms with E-state index >= 15 is 0 Å². The van der Waals surface area contributed by atoms with E-state index in [9.17, 15) is 9.90 Å². The average molecular weight is 465 g/mol. The predicted molar refractivity (Wildman–Crippen MR) is 127 cm³/mol. The Morgan fingerprint density at radius 2 is 1.94 bits per heavy atom. The number of carbonyl (C=O) groups excluding carboxylic acids is 1. The first-order valence-corrected chi connectivity index (χ1v) is 11.0. The summed E-state index contributed by atoms with van der Waals surface area (Å²) in [6, 6.07) is 16.1. The number of phenols is 1. The summed E-state index contributed by atoms with van der Waals surface area (Å²) in [4.78, 5) is 16.5. The third-order valence-electron chi connectivity index (χ3n) is 4.77. The zero-order valence-electron chi connectivity index (χ0n) is 19.6. The number of fused-ring (bicyclic) bond motifs is 1. The molecule has 0 aliphatic rings. The van der Waals surface area contributed by atoms with Gasteiger partial charge in [0.1, 0.15) is 29.2 Å². The van der Waals surface area contributed by atoms with E-state index < -0.39 is 11.7 Å². The zero-order valence-corrected chi connectivity index (χ0v) is 19.6. The maximum Gasteiger partial charge on any atom is 0.407 e. The van der Waals surface area contributed by atoms with Crippen LogP contribution < -0.4 is 10.1 Å². The van der Waals surface area contributed by atoms with Crippen molar-refractivity contribution in [1.82, 2.24) is 20.1 Å². The summed E-state index contributed by atoms with van der Waals surface area (Å²) in [5.74, 6) is 0.841. The number of amides is 1. The van der Waals surface area contributed by atoms with Gasteiger partial charge >= 0.3 is 6.09 Å². The fraction of sp³-hybridized carbons (Fsp3) is 0.320. The van der Waals surface area contributed by atoms with Gasteiger partial charge in [-0.25, -0.2) is 9.78 Å². The van der Waals surface area contributed by atoms with Crippen molar-refractivity contribution in [2.24, 2.45) is 0 Å². The highest BCUT2D eigenvalue weighted by Crippen LogP contribution is 2.29. The summed E-state index contributed by atoms with van der Waals surface area (Å²) in [6.45, 7) is 7.92. The molecular weight excluding hydrogens is 436 g/mol. The van der Waals surface area contributed by atoms with Crippen LogP contribution >= 0.6 is 0 Å². The molecule has 0 unspecified atom stereocenters. The Labute approximate surface area is 197 Å². The largest absolute Gasteiger partial charge is 0.508 e. The summed E-state index contributed by atoms with van der Waals surface area (Å²) < 4.78 is 18.8. The van der Waals surface area contributed by atoms with E-state index in [1.165, 1.54) is 0 Å². The molecule has 9 heteroatoms. The van der Waals surface area contributed by atoms with E-state index in [2.05, 4.69) is 15.4 Å². The number of carbonyl (C=O) groups is 1. The maximum atomic E-state index is 12.0. The molecule has 2 N–H and O–H groups in total. The molecule has 1 atom stereocenters. The normalized spacial score (nSPS) is 12.5. The first-order chi connectivity index (χ1) is 16.2. The molecule has 4 aromatic rings. The number of aromatic nitrogens is 3. The Kier molecular flexibility index (Phi) is 6.45. The number of rotatable bonds is 7. The van der Waals surface area contributed by atoms with Crippen LogP contribution in [0.5, 0.6) is 11.6 Å². The molecule has 34 heavy (non-hydrogen) atoms. The van der Waals surface area contributed by atoms with Gasteiger partial charge in [-0.05, 0) is 45.4 Å². The smallest absolute Gasteiger partial charge is 0.407 e. The highest BCUT2D eigenvalue weighted by molar-refractivity contribution is 5.77. The third kappa shape index (κ3) is 5.86. The number of hydrogen-bond donors (Lipinski definition) is 2. The number of phenolic OH excluding ortho intramolecular Hbond substituents is 1. The van der Waals surface area contributed by atoms with Crippen LogP contribution in [0.15, 0.2) is 59.0 Å². The van der Waals surface area contributed by atoms with Gasteiger partial charge in [-0.15, -0.1) is 5.10 Å². The molecule has 0 aliphatic heterocycles. The molecule has 0 radical (unpaired) electrons. The Hall–Kier alpha value is -4.01. The van der Waals surface area contributed by atoms with Crippen LogP contribution in [-0.4, -0.2) is 44.2 Å². The van der Waals surface area contributed by atoms with Crippen LogP contribution in [-0.2, 0) is 11.3 Å². The van der Waals surface area contributed by atoms with E-state index in [0.29, 0.717) is 35.1 Å². The van der Waals surface area contributed by atoms with Gasteiger partial charge in [0.25, 0.3) is 0 Å². The molecule has 0 bridgehead atoms. The highest BCUT2D eigenvalue weighted by Gasteiger charge is 2.20. The van der Waals surface area contributed by atoms with Crippen LogP contribution in [0.4, 0.5) is 4.79 Å². The number of ether oxygens (including phenoxy) is 2. The Bertz CT molecular complexity index is 1270. The summed E-state index contributed by atoms with van der Waals surface area (Å²) in [6.07, 6.45) is -0.506. The second kappa shape index (κ2) is 9.46. The number of alkyl carbamates (subject to hydrolysis) is 1. The standard InChI is InChI=1S/C25H28N4O5/c1-16(26-24(31)34-25(2,3)4)15-32-22-13-20(29(28-22)14-17-8-6-5-7-9-17)23-27-19-12-18(30)10-11-21(19)33-23/h5-13,16,30H,14-15H2,1-4H3,(H,26,31)/t16-/m0/s1. The molecule has 1 amide bonds. The number of hydrogen-bond acceptors (Lipinski definition) is 7. The number of aromatic hydroxyl groups is 1. The van der Waals surface area contributed by atoms with Crippen LogP contribution in [0.3, 0.4) is 0 Å². The molecule has 9 nitrogen and oxygen atoms in total. The van der Waals surface area contributed by atoms with Crippen molar-refractivity contribution in [3.05, 3.63) is 60.2 Å². The minimum absolute atomic E-state index is 0.112. The lowest BCUT2D eigenvalue weighted by Crippen LogP contribution is -2.40. The second-order valence-electron chi connectivity index (χ2n) is 9.04. The summed E-state index contributed by atoms with van der Waals surface area (Å²) in [5.41, 5.74) is 2.19. The lowest BCUT2D eigenvalue weighted by molar-refractivity contribution is 0.0493. The topological polar surface area (TPSA) is 112 Å². The van der Waals surface area contributed by atoms with Crippen molar-refractivity contribution in [3.8, 4) is 23.2 Å². The Morgan fingerprint density at radius 1 is 1.18 bits per heavy atom.